The molecule has 0 radical (unpaired) electrons. The first-order chi connectivity index (χ1) is 39.8. The zero-order valence-electron chi connectivity index (χ0n) is 43.7. The van der Waals surface area contributed by atoms with Crippen molar-refractivity contribution in [2.75, 3.05) is 4.90 Å². The van der Waals surface area contributed by atoms with Crippen molar-refractivity contribution in [3.05, 3.63) is 320 Å². The highest BCUT2D eigenvalue weighted by atomic mass is 15.2. The molecule has 0 unspecified atom stereocenters. The Kier molecular flexibility index (Phi) is 10.5. The number of fused-ring (bicyclic) bond motifs is 9. The predicted molar refractivity (Wildman–Crippen MR) is 333 cm³/mol. The molecule has 11 aromatic carbocycles. The fraction of sp³-hybridized carbons (Fsp3) is 0.0133. The van der Waals surface area contributed by atoms with Crippen LogP contribution >= 0.6 is 0 Å². The van der Waals surface area contributed by atoms with E-state index in [1.165, 1.54) is 88.4 Å². The van der Waals surface area contributed by atoms with Gasteiger partial charge in [0, 0.05) is 41.1 Å². The molecule has 0 spiro atoms. The van der Waals surface area contributed by atoms with E-state index >= 15 is 0 Å². The van der Waals surface area contributed by atoms with Crippen LogP contribution in [0.4, 0.5) is 17.2 Å². The van der Waals surface area contributed by atoms with Crippen LogP contribution in [0.15, 0.2) is 298 Å². The van der Waals surface area contributed by atoms with Crippen molar-refractivity contribution in [2.24, 2.45) is 0 Å². The number of anilines is 3. The van der Waals surface area contributed by atoms with Crippen molar-refractivity contribution in [2.45, 2.75) is 5.41 Å². The Balaban J connectivity index is 0.968. The molecule has 0 amide bonds. The quantitative estimate of drug-likeness (QED) is 0.142. The van der Waals surface area contributed by atoms with Gasteiger partial charge in [-0.05, 0) is 120 Å². The van der Waals surface area contributed by atoms with Crippen LogP contribution in [-0.2, 0) is 5.41 Å². The molecule has 2 aliphatic heterocycles. The Hall–Kier alpha value is -10.4. The Morgan fingerprint density at radius 3 is 1.55 bits per heavy atom. The minimum absolute atomic E-state index is 0.139. The third-order valence-electron chi connectivity index (χ3n) is 17.1. The van der Waals surface area contributed by atoms with E-state index in [9.17, 15) is 0 Å². The normalized spacial score (nSPS) is 13.1. The van der Waals surface area contributed by atoms with Crippen LogP contribution in [0, 0.1) is 0 Å². The standard InChI is InChI=1S/C75H49BN4/c1-6-23-50(24-7-1)57-35-22-36-60-72-70(52-43-45-77-46-44-52)58-33-16-17-34-59(58)71(51-25-8-2-9-26-51)74(72)76(73(57)60)55-41-42-65-61(47-55)62-49-78-69(48-68(62)79(65)56-31-14-5-15-32-56)80-66-39-20-18-37-63(66)75(53-27-10-3-11-28-53,54-29-12-4-13-30-54)64-38-19-21-40-67(64)80/h1-49H. The molecule has 0 bridgehead atoms. The summed E-state index contributed by atoms with van der Waals surface area (Å²) in [4.78, 5) is 12.5. The molecule has 0 saturated heterocycles. The van der Waals surface area contributed by atoms with E-state index in [1.807, 2.05) is 12.4 Å². The second kappa shape index (κ2) is 18.4. The molecule has 5 heteroatoms. The summed E-state index contributed by atoms with van der Waals surface area (Å²) in [6.07, 6.45) is 5.99. The molecule has 0 saturated carbocycles. The number of nitrogens with zero attached hydrogens (tertiary/aromatic N) is 4. The number of aromatic nitrogens is 3. The summed E-state index contributed by atoms with van der Waals surface area (Å²) in [6.45, 7) is -0.139. The molecular weight excluding hydrogens is 968 g/mol. The number of hydrogen-bond acceptors (Lipinski definition) is 3. The van der Waals surface area contributed by atoms with Gasteiger partial charge >= 0.3 is 0 Å². The highest BCUT2D eigenvalue weighted by Crippen LogP contribution is 2.57. The van der Waals surface area contributed by atoms with Crippen LogP contribution in [0.1, 0.15) is 22.3 Å². The van der Waals surface area contributed by atoms with Gasteiger partial charge in [-0.1, -0.05) is 247 Å². The molecule has 3 aromatic heterocycles. The average Bonchev–Trinajstić information content (AvgIpc) is 3.44. The van der Waals surface area contributed by atoms with Crippen LogP contribution in [0.2, 0.25) is 0 Å². The summed E-state index contributed by atoms with van der Waals surface area (Å²) in [5, 5.41) is 4.69. The van der Waals surface area contributed by atoms with E-state index in [2.05, 4.69) is 300 Å². The summed E-state index contributed by atoms with van der Waals surface area (Å²) >= 11 is 0. The van der Waals surface area contributed by atoms with E-state index in [0.29, 0.717) is 0 Å². The molecular formula is C75H49BN4. The maximum atomic E-state index is 5.57. The first kappa shape index (κ1) is 45.8. The van der Waals surface area contributed by atoms with Gasteiger partial charge in [0.1, 0.15) is 5.82 Å². The number of benzene rings is 11. The Labute approximate surface area is 465 Å². The highest BCUT2D eigenvalue weighted by molar-refractivity contribution is 7.01. The molecule has 0 aliphatic carbocycles. The van der Waals surface area contributed by atoms with Gasteiger partial charge < -0.3 is 4.57 Å². The molecule has 0 N–H and O–H groups in total. The van der Waals surface area contributed by atoms with Gasteiger partial charge in [0.15, 0.2) is 0 Å². The molecule has 2 aliphatic rings. The summed E-state index contributed by atoms with van der Waals surface area (Å²) < 4.78 is 2.44. The number of para-hydroxylation sites is 3. The van der Waals surface area contributed by atoms with Crippen molar-refractivity contribution < 1.29 is 0 Å². The molecule has 16 rings (SSSR count). The first-order valence-electron chi connectivity index (χ1n) is 27.6. The summed E-state index contributed by atoms with van der Waals surface area (Å²) in [5.74, 6) is 0.849. The van der Waals surface area contributed by atoms with E-state index in [-0.39, 0.29) is 6.71 Å². The lowest BCUT2D eigenvalue weighted by atomic mass is 9.37. The third kappa shape index (κ3) is 6.77. The van der Waals surface area contributed by atoms with Crippen molar-refractivity contribution in [3.63, 3.8) is 0 Å². The second-order valence-corrected chi connectivity index (χ2v) is 21.1. The lowest BCUT2D eigenvalue weighted by Crippen LogP contribution is -2.50. The second-order valence-electron chi connectivity index (χ2n) is 21.1. The van der Waals surface area contributed by atoms with Gasteiger partial charge in [-0.25, -0.2) is 4.98 Å². The zero-order valence-corrected chi connectivity index (χ0v) is 43.7. The lowest BCUT2D eigenvalue weighted by molar-refractivity contribution is 0.730. The monoisotopic (exact) mass is 1020 g/mol. The Morgan fingerprint density at radius 1 is 0.362 bits per heavy atom. The molecule has 0 atom stereocenters. The third-order valence-corrected chi connectivity index (χ3v) is 17.1. The van der Waals surface area contributed by atoms with Crippen LogP contribution < -0.4 is 21.3 Å². The number of pyridine rings is 2. The highest BCUT2D eigenvalue weighted by Gasteiger charge is 2.47. The first-order valence-corrected chi connectivity index (χ1v) is 27.6. The van der Waals surface area contributed by atoms with E-state index < -0.39 is 5.41 Å². The molecule has 0 fully saturated rings. The SMILES string of the molecule is c1ccc(-c2cccc3c2B(c2ccc4c(c2)c2cnc(N5c6ccccc6C(c6ccccc6)(c6ccccc6)c6ccccc65)cc2n4-c2ccccc2)c2c-3c(-c3ccncc3)c3ccccc3c2-c2ccccc2)cc1. The number of hydrogen-bond donors (Lipinski definition) is 0. The van der Waals surface area contributed by atoms with Gasteiger partial charge in [-0.2, -0.15) is 0 Å². The molecule has 5 heterocycles. The number of rotatable bonds is 8. The minimum Gasteiger partial charge on any atom is -0.309 e. The van der Waals surface area contributed by atoms with Crippen LogP contribution in [0.5, 0.6) is 0 Å². The Bertz CT molecular complexity index is 4610. The smallest absolute Gasteiger partial charge is 0.244 e. The van der Waals surface area contributed by atoms with E-state index in [4.69, 9.17) is 4.98 Å². The molecule has 4 nitrogen and oxygen atoms in total. The fourth-order valence-corrected chi connectivity index (χ4v) is 13.9. The van der Waals surface area contributed by atoms with Gasteiger partial charge in [-0.15, -0.1) is 0 Å². The molecule has 80 heavy (non-hydrogen) atoms. The van der Waals surface area contributed by atoms with Crippen molar-refractivity contribution in [1.82, 2.24) is 14.5 Å². The van der Waals surface area contributed by atoms with Crippen molar-refractivity contribution in [3.8, 4) is 50.2 Å². The van der Waals surface area contributed by atoms with Gasteiger partial charge in [-0.3, -0.25) is 9.88 Å². The van der Waals surface area contributed by atoms with Crippen LogP contribution in [-0.4, -0.2) is 21.2 Å². The summed E-state index contributed by atoms with van der Waals surface area (Å²) in [6, 6.07) is 103. The van der Waals surface area contributed by atoms with Crippen molar-refractivity contribution in [1.29, 1.82) is 0 Å². The van der Waals surface area contributed by atoms with Gasteiger partial charge in [0.05, 0.1) is 27.8 Å². The van der Waals surface area contributed by atoms with Gasteiger partial charge in [0.25, 0.3) is 0 Å². The topological polar surface area (TPSA) is 34.0 Å². The average molecular weight is 1020 g/mol. The van der Waals surface area contributed by atoms with E-state index in [1.54, 1.807) is 0 Å². The molecule has 372 valence electrons. The van der Waals surface area contributed by atoms with Gasteiger partial charge in [0.2, 0.25) is 6.71 Å². The predicted octanol–water partition coefficient (Wildman–Crippen LogP) is 16.4. The van der Waals surface area contributed by atoms with E-state index in [0.717, 1.165) is 50.2 Å². The largest absolute Gasteiger partial charge is 0.309 e. The Morgan fingerprint density at radius 2 is 0.900 bits per heavy atom. The van der Waals surface area contributed by atoms with Crippen LogP contribution in [0.25, 0.3) is 82.8 Å². The molecule has 14 aromatic rings. The maximum absolute atomic E-state index is 5.57. The van der Waals surface area contributed by atoms with Crippen LogP contribution in [0.3, 0.4) is 0 Å². The summed E-state index contributed by atoms with van der Waals surface area (Å²) in [5.41, 5.74) is 23.4. The lowest BCUT2D eigenvalue weighted by Gasteiger charge is -2.46. The summed E-state index contributed by atoms with van der Waals surface area (Å²) in [7, 11) is 0. The maximum Gasteiger partial charge on any atom is 0.244 e. The zero-order chi connectivity index (χ0) is 52.7. The fourth-order valence-electron chi connectivity index (χ4n) is 13.9. The minimum atomic E-state index is -0.588. The van der Waals surface area contributed by atoms with Crippen molar-refractivity contribution >= 4 is 72.9 Å².